The summed E-state index contributed by atoms with van der Waals surface area (Å²) in [6, 6.07) is 8.36. The van der Waals surface area contributed by atoms with Gasteiger partial charge in [0.05, 0.1) is 6.61 Å². The molecule has 2 heteroatoms. The molecule has 0 amide bonds. The minimum atomic E-state index is 0.844. The van der Waals surface area contributed by atoms with Crippen LogP contribution in [0.3, 0.4) is 0 Å². The monoisotopic (exact) mass is 263 g/mol. The lowest BCUT2D eigenvalue weighted by Gasteiger charge is -2.14. The van der Waals surface area contributed by atoms with Crippen LogP contribution in [-0.2, 0) is 6.54 Å². The fourth-order valence-electron chi connectivity index (χ4n) is 2.18. The summed E-state index contributed by atoms with van der Waals surface area (Å²) >= 11 is 0. The lowest BCUT2D eigenvalue weighted by Crippen LogP contribution is -2.12. The van der Waals surface area contributed by atoms with Gasteiger partial charge in [0, 0.05) is 12.1 Å². The molecule has 19 heavy (non-hydrogen) atoms. The number of ether oxygens (including phenoxy) is 1. The molecule has 0 saturated carbocycles. The number of unbranched alkanes of at least 4 members (excludes halogenated alkanes) is 5. The quantitative estimate of drug-likeness (QED) is 0.577. The molecule has 0 heterocycles. The first-order valence-electron chi connectivity index (χ1n) is 7.59. The molecule has 0 fully saturated rings. The Labute approximate surface area is 118 Å². The van der Waals surface area contributed by atoms with Crippen molar-refractivity contribution < 1.29 is 4.74 Å². The molecule has 0 radical (unpaired) electrons. The maximum Gasteiger partial charge on any atom is 0.123 e. The fraction of sp³-hybridized carbons (Fsp3) is 0.647. The predicted molar refractivity (Wildman–Crippen MR) is 82.7 cm³/mol. The Morgan fingerprint density at radius 3 is 2.37 bits per heavy atom. The van der Waals surface area contributed by atoms with Crippen molar-refractivity contribution in [2.75, 3.05) is 20.7 Å². The average Bonchev–Trinajstić information content (AvgIpc) is 2.39. The highest BCUT2D eigenvalue weighted by molar-refractivity contribution is 5.33. The molecule has 0 N–H and O–H groups in total. The number of para-hydroxylation sites is 1. The van der Waals surface area contributed by atoms with Gasteiger partial charge in [-0.05, 0) is 26.6 Å². The van der Waals surface area contributed by atoms with Gasteiger partial charge in [-0.2, -0.15) is 0 Å². The summed E-state index contributed by atoms with van der Waals surface area (Å²) in [6.45, 7) is 4.04. The molecule has 1 aromatic carbocycles. The molecular weight excluding hydrogens is 234 g/mol. The smallest absolute Gasteiger partial charge is 0.123 e. The molecule has 0 atom stereocenters. The highest BCUT2D eigenvalue weighted by Gasteiger charge is 2.03. The van der Waals surface area contributed by atoms with Crippen molar-refractivity contribution >= 4 is 0 Å². The van der Waals surface area contributed by atoms with E-state index in [1.165, 1.54) is 44.1 Å². The predicted octanol–water partition coefficient (Wildman–Crippen LogP) is 4.49. The van der Waals surface area contributed by atoms with Gasteiger partial charge in [0.15, 0.2) is 0 Å². The van der Waals surface area contributed by atoms with Crippen LogP contribution in [0.15, 0.2) is 24.3 Å². The van der Waals surface area contributed by atoms with Crippen LogP contribution in [0.2, 0.25) is 0 Å². The highest BCUT2D eigenvalue weighted by atomic mass is 16.5. The average molecular weight is 263 g/mol. The van der Waals surface area contributed by atoms with Gasteiger partial charge in [-0.1, -0.05) is 57.2 Å². The Bertz CT molecular complexity index is 336. The van der Waals surface area contributed by atoms with Crippen molar-refractivity contribution in [2.24, 2.45) is 0 Å². The van der Waals surface area contributed by atoms with Gasteiger partial charge in [-0.25, -0.2) is 0 Å². The summed E-state index contributed by atoms with van der Waals surface area (Å²) in [7, 11) is 4.18. The number of hydrogen-bond acceptors (Lipinski definition) is 2. The van der Waals surface area contributed by atoms with Crippen LogP contribution >= 0.6 is 0 Å². The van der Waals surface area contributed by atoms with Crippen molar-refractivity contribution in [1.29, 1.82) is 0 Å². The number of benzene rings is 1. The van der Waals surface area contributed by atoms with Gasteiger partial charge in [0.2, 0.25) is 0 Å². The second kappa shape index (κ2) is 9.85. The lowest BCUT2D eigenvalue weighted by atomic mass is 10.1. The van der Waals surface area contributed by atoms with Crippen LogP contribution in [0.25, 0.3) is 0 Å². The maximum atomic E-state index is 5.92. The van der Waals surface area contributed by atoms with Crippen LogP contribution in [0.5, 0.6) is 5.75 Å². The molecule has 0 aromatic heterocycles. The van der Waals surface area contributed by atoms with Crippen LogP contribution < -0.4 is 4.74 Å². The topological polar surface area (TPSA) is 12.5 Å². The van der Waals surface area contributed by atoms with E-state index < -0.39 is 0 Å². The molecular formula is C17H29NO. The van der Waals surface area contributed by atoms with E-state index in [9.17, 15) is 0 Å². The maximum absolute atomic E-state index is 5.92. The van der Waals surface area contributed by atoms with Crippen LogP contribution in [-0.4, -0.2) is 25.6 Å². The fourth-order valence-corrected chi connectivity index (χ4v) is 2.18. The molecule has 0 unspecified atom stereocenters. The van der Waals surface area contributed by atoms with E-state index >= 15 is 0 Å². The van der Waals surface area contributed by atoms with Crippen molar-refractivity contribution in [2.45, 2.75) is 52.0 Å². The molecule has 2 nitrogen and oxygen atoms in total. The zero-order valence-electron chi connectivity index (χ0n) is 12.8. The lowest BCUT2D eigenvalue weighted by molar-refractivity contribution is 0.295. The summed E-state index contributed by atoms with van der Waals surface area (Å²) in [5, 5.41) is 0. The molecule has 1 rings (SSSR count). The van der Waals surface area contributed by atoms with Gasteiger partial charge in [0.25, 0.3) is 0 Å². The highest BCUT2D eigenvalue weighted by Crippen LogP contribution is 2.19. The molecule has 0 aliphatic rings. The van der Waals surface area contributed by atoms with E-state index in [4.69, 9.17) is 4.74 Å². The van der Waals surface area contributed by atoms with Gasteiger partial charge >= 0.3 is 0 Å². The molecule has 0 saturated heterocycles. The second-order valence-electron chi connectivity index (χ2n) is 5.46. The number of nitrogens with zero attached hydrogens (tertiary/aromatic N) is 1. The Kier molecular flexibility index (Phi) is 8.31. The third-order valence-electron chi connectivity index (χ3n) is 3.21. The van der Waals surface area contributed by atoms with Crippen molar-refractivity contribution in [3.05, 3.63) is 29.8 Å². The molecule has 0 bridgehead atoms. The second-order valence-corrected chi connectivity index (χ2v) is 5.46. The van der Waals surface area contributed by atoms with Crippen LogP contribution in [0.4, 0.5) is 0 Å². The van der Waals surface area contributed by atoms with Gasteiger partial charge < -0.3 is 9.64 Å². The standard InChI is InChI=1S/C17H29NO/c1-4-5-6-7-8-11-14-19-17-13-10-9-12-16(17)15-18(2)3/h9-10,12-13H,4-8,11,14-15H2,1-3H3. The van der Waals surface area contributed by atoms with Crippen molar-refractivity contribution in [1.82, 2.24) is 4.90 Å². The first kappa shape index (κ1) is 16.0. The number of rotatable bonds is 10. The molecule has 108 valence electrons. The Morgan fingerprint density at radius 2 is 1.63 bits per heavy atom. The molecule has 0 aliphatic heterocycles. The summed E-state index contributed by atoms with van der Waals surface area (Å²) < 4.78 is 5.92. The third kappa shape index (κ3) is 7.22. The van der Waals surface area contributed by atoms with E-state index in [0.717, 1.165) is 18.9 Å². The van der Waals surface area contributed by atoms with E-state index in [1.807, 2.05) is 0 Å². The zero-order valence-corrected chi connectivity index (χ0v) is 12.8. The first-order chi connectivity index (χ1) is 9.24. The largest absolute Gasteiger partial charge is 0.493 e. The summed E-state index contributed by atoms with van der Waals surface area (Å²) in [5.41, 5.74) is 1.28. The summed E-state index contributed by atoms with van der Waals surface area (Å²) in [6.07, 6.45) is 7.85. The molecule has 1 aromatic rings. The normalized spacial score (nSPS) is 10.9. The summed E-state index contributed by atoms with van der Waals surface area (Å²) in [4.78, 5) is 2.17. The van der Waals surface area contributed by atoms with E-state index in [2.05, 4.69) is 50.2 Å². The summed E-state index contributed by atoms with van der Waals surface area (Å²) in [5.74, 6) is 1.05. The van der Waals surface area contributed by atoms with E-state index in [-0.39, 0.29) is 0 Å². The Balaban J connectivity index is 2.25. The first-order valence-corrected chi connectivity index (χ1v) is 7.59. The SMILES string of the molecule is CCCCCCCCOc1ccccc1CN(C)C. The van der Waals surface area contributed by atoms with Crippen LogP contribution in [0, 0.1) is 0 Å². The van der Waals surface area contributed by atoms with Gasteiger partial charge in [0.1, 0.15) is 5.75 Å². The van der Waals surface area contributed by atoms with Crippen molar-refractivity contribution in [3.8, 4) is 5.75 Å². The van der Waals surface area contributed by atoms with Crippen molar-refractivity contribution in [3.63, 3.8) is 0 Å². The minimum absolute atomic E-state index is 0.844. The molecule has 0 aliphatic carbocycles. The minimum Gasteiger partial charge on any atom is -0.493 e. The van der Waals surface area contributed by atoms with Gasteiger partial charge in [-0.3, -0.25) is 0 Å². The third-order valence-corrected chi connectivity index (χ3v) is 3.21. The zero-order chi connectivity index (χ0) is 13.9. The molecule has 0 spiro atoms. The van der Waals surface area contributed by atoms with Gasteiger partial charge in [-0.15, -0.1) is 0 Å². The Hall–Kier alpha value is -1.02. The van der Waals surface area contributed by atoms with Crippen LogP contribution in [0.1, 0.15) is 51.0 Å². The number of hydrogen-bond donors (Lipinski definition) is 0. The van der Waals surface area contributed by atoms with E-state index in [1.54, 1.807) is 0 Å². The Morgan fingerprint density at radius 1 is 0.947 bits per heavy atom. The van der Waals surface area contributed by atoms with E-state index in [0.29, 0.717) is 0 Å².